The number of thioether (sulfide) groups is 1. The highest BCUT2D eigenvalue weighted by atomic mass is 79.9. The van der Waals surface area contributed by atoms with Crippen molar-refractivity contribution in [2.45, 2.75) is 13.5 Å². The van der Waals surface area contributed by atoms with Gasteiger partial charge in [0.05, 0.1) is 23.9 Å². The summed E-state index contributed by atoms with van der Waals surface area (Å²) in [6.07, 6.45) is 4.83. The normalized spacial score (nSPS) is 15.2. The van der Waals surface area contributed by atoms with E-state index in [0.29, 0.717) is 37.9 Å². The summed E-state index contributed by atoms with van der Waals surface area (Å²) >= 11 is 10.9. The Morgan fingerprint density at radius 2 is 1.95 bits per heavy atom. The summed E-state index contributed by atoms with van der Waals surface area (Å²) in [4.78, 5) is 27.9. The summed E-state index contributed by atoms with van der Waals surface area (Å²) in [6.45, 7) is 1.93. The molecule has 1 aliphatic heterocycles. The summed E-state index contributed by atoms with van der Waals surface area (Å²) in [6, 6.07) is 23.6. The molecule has 0 unspecified atom stereocenters. The van der Waals surface area contributed by atoms with Crippen molar-refractivity contribution in [3.05, 3.63) is 122 Å². The second kappa shape index (κ2) is 13.7. The van der Waals surface area contributed by atoms with Crippen LogP contribution in [0.4, 0.5) is 5.69 Å². The van der Waals surface area contributed by atoms with Crippen LogP contribution in [0, 0.1) is 6.92 Å². The molecule has 4 aromatic rings. The molecule has 8 nitrogen and oxygen atoms in total. The number of nitrogens with one attached hydrogen (secondary N) is 1. The van der Waals surface area contributed by atoms with Gasteiger partial charge in [-0.05, 0) is 84.9 Å². The number of rotatable bonds is 9. The van der Waals surface area contributed by atoms with Crippen molar-refractivity contribution in [2.75, 3.05) is 11.9 Å². The van der Waals surface area contributed by atoms with E-state index in [4.69, 9.17) is 20.8 Å². The number of amidine groups is 1. The molecule has 0 atom stereocenters. The van der Waals surface area contributed by atoms with E-state index in [2.05, 4.69) is 31.4 Å². The van der Waals surface area contributed by atoms with E-state index < -0.39 is 0 Å². The molecule has 1 fully saturated rings. The smallest absolute Gasteiger partial charge is 0.267 e. The van der Waals surface area contributed by atoms with Gasteiger partial charge in [-0.1, -0.05) is 57.4 Å². The highest BCUT2D eigenvalue weighted by Gasteiger charge is 2.34. The molecule has 11 heteroatoms. The van der Waals surface area contributed by atoms with Crippen LogP contribution in [0.15, 0.2) is 109 Å². The van der Waals surface area contributed by atoms with Crippen molar-refractivity contribution in [1.82, 2.24) is 4.90 Å². The van der Waals surface area contributed by atoms with Crippen LogP contribution in [0.1, 0.15) is 22.5 Å². The van der Waals surface area contributed by atoms with Crippen LogP contribution in [0.3, 0.4) is 0 Å². The lowest BCUT2D eigenvalue weighted by atomic mass is 10.2. The quantitative estimate of drug-likeness (QED) is 0.114. The molecule has 212 valence electrons. The Bertz CT molecular complexity index is 1690. The molecule has 2 heterocycles. The van der Waals surface area contributed by atoms with Crippen molar-refractivity contribution in [3.8, 4) is 5.75 Å². The molecule has 3 aromatic carbocycles. The van der Waals surface area contributed by atoms with Crippen LogP contribution < -0.4 is 10.1 Å². The molecular formula is C31H24BrClN4O4S. The van der Waals surface area contributed by atoms with E-state index in [9.17, 15) is 9.59 Å². The summed E-state index contributed by atoms with van der Waals surface area (Å²) < 4.78 is 12.2. The average molecular weight is 664 g/mol. The maximum atomic E-state index is 13.5. The Hall–Kier alpha value is -4.12. The number of benzene rings is 3. The zero-order valence-electron chi connectivity index (χ0n) is 22.3. The predicted octanol–water partition coefficient (Wildman–Crippen LogP) is 7.53. The minimum atomic E-state index is -0.318. The number of aryl methyl sites for hydroxylation is 1. The van der Waals surface area contributed by atoms with Gasteiger partial charge < -0.3 is 14.5 Å². The molecule has 0 saturated carbocycles. The minimum absolute atomic E-state index is 0.180. The zero-order valence-corrected chi connectivity index (χ0v) is 25.4. The highest BCUT2D eigenvalue weighted by Crippen LogP contribution is 2.36. The lowest BCUT2D eigenvalue weighted by Crippen LogP contribution is -2.28. The molecule has 0 radical (unpaired) electrons. The lowest BCUT2D eigenvalue weighted by Gasteiger charge is -2.13. The molecule has 1 aliphatic rings. The molecule has 1 saturated heterocycles. The first kappa shape index (κ1) is 29.4. The van der Waals surface area contributed by atoms with Crippen LogP contribution in [0.25, 0.3) is 6.08 Å². The summed E-state index contributed by atoms with van der Waals surface area (Å²) in [5.41, 5.74) is 3.16. The van der Waals surface area contributed by atoms with Gasteiger partial charge in [-0.3, -0.25) is 14.5 Å². The maximum Gasteiger partial charge on any atom is 0.267 e. The third-order valence-electron chi connectivity index (χ3n) is 5.93. The number of halogens is 2. The number of hydrogen-bond acceptors (Lipinski definition) is 7. The molecule has 0 spiro atoms. The monoisotopic (exact) mass is 662 g/mol. The number of anilines is 1. The number of amides is 2. The van der Waals surface area contributed by atoms with Gasteiger partial charge in [-0.2, -0.15) is 5.10 Å². The molecular weight excluding hydrogens is 640 g/mol. The Kier molecular flexibility index (Phi) is 9.58. The van der Waals surface area contributed by atoms with Crippen LogP contribution in [0.2, 0.25) is 5.02 Å². The molecule has 1 N–H and O–H groups in total. The van der Waals surface area contributed by atoms with E-state index in [1.165, 1.54) is 16.7 Å². The standard InChI is InChI=1S/C31H24BrClN4O4S/c1-20-7-10-25(11-8-20)35-29(38)19-41-27-12-9-24(33)15-22(27)16-28-30(39)37(18-26-6-3-13-40-26)31(42-28)36-34-17-21-4-2-5-23(32)14-21/h2-17H,18-19H2,1H3,(H,35,38)/b28-16-,34-17+,36-31-. The van der Waals surface area contributed by atoms with Gasteiger partial charge in [0.15, 0.2) is 11.8 Å². The van der Waals surface area contributed by atoms with Crippen molar-refractivity contribution in [2.24, 2.45) is 10.2 Å². The predicted molar refractivity (Wildman–Crippen MR) is 171 cm³/mol. The Morgan fingerprint density at radius 1 is 1.12 bits per heavy atom. The van der Waals surface area contributed by atoms with Crippen LogP contribution >= 0.6 is 39.3 Å². The largest absolute Gasteiger partial charge is 0.483 e. The van der Waals surface area contributed by atoms with E-state index in [0.717, 1.165) is 15.6 Å². The number of ether oxygens (including phenoxy) is 1. The van der Waals surface area contributed by atoms with Gasteiger partial charge in [-0.15, -0.1) is 5.10 Å². The molecule has 0 aliphatic carbocycles. The summed E-state index contributed by atoms with van der Waals surface area (Å²) in [5.74, 6) is 0.396. The van der Waals surface area contributed by atoms with Crippen molar-refractivity contribution < 1.29 is 18.7 Å². The van der Waals surface area contributed by atoms with E-state index in [-0.39, 0.29) is 25.0 Å². The van der Waals surface area contributed by atoms with Crippen LogP contribution in [0.5, 0.6) is 5.75 Å². The van der Waals surface area contributed by atoms with Gasteiger partial charge in [0.25, 0.3) is 11.8 Å². The van der Waals surface area contributed by atoms with E-state index >= 15 is 0 Å². The van der Waals surface area contributed by atoms with Crippen molar-refractivity contribution in [1.29, 1.82) is 0 Å². The van der Waals surface area contributed by atoms with Gasteiger partial charge in [-0.25, -0.2) is 0 Å². The van der Waals surface area contributed by atoms with Gasteiger partial charge in [0.2, 0.25) is 0 Å². The van der Waals surface area contributed by atoms with Crippen LogP contribution in [-0.4, -0.2) is 34.7 Å². The number of furan rings is 1. The second-order valence-corrected chi connectivity index (χ2v) is 11.5. The number of nitrogens with zero attached hydrogens (tertiary/aromatic N) is 3. The fourth-order valence-corrected chi connectivity index (χ4v) is 5.42. The second-order valence-electron chi connectivity index (χ2n) is 9.15. The number of carbonyl (C=O) groups is 2. The average Bonchev–Trinajstić information content (AvgIpc) is 3.58. The first-order valence-corrected chi connectivity index (χ1v) is 14.7. The van der Waals surface area contributed by atoms with E-state index in [1.54, 1.807) is 48.9 Å². The first-order valence-electron chi connectivity index (χ1n) is 12.7. The highest BCUT2D eigenvalue weighted by molar-refractivity contribution is 9.10. The Balaban J connectivity index is 1.36. The maximum absolute atomic E-state index is 13.5. The zero-order chi connectivity index (χ0) is 29.5. The third kappa shape index (κ3) is 7.79. The first-order chi connectivity index (χ1) is 20.3. The fraction of sp³-hybridized carbons (Fsp3) is 0.0968. The molecule has 5 rings (SSSR count). The minimum Gasteiger partial charge on any atom is -0.483 e. The Morgan fingerprint density at radius 3 is 2.71 bits per heavy atom. The van der Waals surface area contributed by atoms with E-state index in [1.807, 2.05) is 55.5 Å². The number of carbonyl (C=O) groups excluding carboxylic acids is 2. The topological polar surface area (TPSA) is 96.5 Å². The lowest BCUT2D eigenvalue weighted by molar-refractivity contribution is -0.122. The van der Waals surface area contributed by atoms with Gasteiger partial charge >= 0.3 is 0 Å². The molecule has 2 amide bonds. The molecule has 0 bridgehead atoms. The summed E-state index contributed by atoms with van der Waals surface area (Å²) in [7, 11) is 0. The Labute approximate surface area is 260 Å². The molecule has 42 heavy (non-hydrogen) atoms. The van der Waals surface area contributed by atoms with Crippen LogP contribution in [-0.2, 0) is 16.1 Å². The fourth-order valence-electron chi connectivity index (χ4n) is 3.89. The van der Waals surface area contributed by atoms with Gasteiger partial charge in [0.1, 0.15) is 11.5 Å². The van der Waals surface area contributed by atoms with Crippen molar-refractivity contribution in [3.63, 3.8) is 0 Å². The summed E-state index contributed by atoms with van der Waals surface area (Å²) in [5, 5.41) is 12.2. The van der Waals surface area contributed by atoms with Crippen molar-refractivity contribution >= 4 is 74.3 Å². The third-order valence-corrected chi connectivity index (χ3v) is 7.66. The molecule has 1 aromatic heterocycles. The SMILES string of the molecule is Cc1ccc(NC(=O)COc2ccc(Cl)cc2/C=C2\S/C(=N\N=C\c3cccc(Br)c3)N(Cc3ccco3)C2=O)cc1. The number of hydrogen-bond donors (Lipinski definition) is 1. The van der Waals surface area contributed by atoms with Gasteiger partial charge in [0, 0.05) is 20.7 Å².